The Labute approximate surface area is 196 Å². The zero-order valence-electron chi connectivity index (χ0n) is 16.9. The number of guanidine groups is 1. The normalized spacial score (nSPS) is 17.3. The van der Waals surface area contributed by atoms with E-state index in [9.17, 15) is 0 Å². The highest BCUT2D eigenvalue weighted by molar-refractivity contribution is 14.0. The summed E-state index contributed by atoms with van der Waals surface area (Å²) in [5.41, 5.74) is 0.708. The summed E-state index contributed by atoms with van der Waals surface area (Å²) < 4.78 is 11.1. The van der Waals surface area contributed by atoms with Crippen LogP contribution in [-0.4, -0.2) is 52.5 Å². The molecule has 0 bridgehead atoms. The monoisotopic (exact) mass is 543 g/mol. The molecule has 1 unspecified atom stereocenters. The fraction of sp³-hybridized carbons (Fsp3) is 0.650. The standard InChI is InChI=1S/C20H31Cl2N3O2.HI/c1-20(2,18-16(21)6-4-7-17(18)22)14-25-19(23-3)24-9-5-10-26-12-15-8-11-27-13-15;/h4,6-7,15H,5,8-14H2,1-3H3,(H2,23,24,25);1H. The van der Waals surface area contributed by atoms with Crippen molar-refractivity contribution in [3.05, 3.63) is 33.8 Å². The molecule has 28 heavy (non-hydrogen) atoms. The Bertz CT molecular complexity index is 603. The van der Waals surface area contributed by atoms with Crippen LogP contribution in [0.3, 0.4) is 0 Å². The van der Waals surface area contributed by atoms with Gasteiger partial charge in [-0.15, -0.1) is 24.0 Å². The Balaban J connectivity index is 0.00000392. The van der Waals surface area contributed by atoms with Gasteiger partial charge in [0.25, 0.3) is 0 Å². The van der Waals surface area contributed by atoms with Gasteiger partial charge in [-0.2, -0.15) is 0 Å². The summed E-state index contributed by atoms with van der Waals surface area (Å²) in [7, 11) is 1.77. The van der Waals surface area contributed by atoms with Crippen molar-refractivity contribution in [3.63, 3.8) is 0 Å². The van der Waals surface area contributed by atoms with Crippen molar-refractivity contribution >= 4 is 53.1 Å². The van der Waals surface area contributed by atoms with Crippen molar-refractivity contribution in [1.82, 2.24) is 10.6 Å². The van der Waals surface area contributed by atoms with Crippen molar-refractivity contribution in [3.8, 4) is 0 Å². The molecule has 1 heterocycles. The summed E-state index contributed by atoms with van der Waals surface area (Å²) in [6.45, 7) is 8.92. The van der Waals surface area contributed by atoms with E-state index >= 15 is 0 Å². The van der Waals surface area contributed by atoms with Gasteiger partial charge in [0.15, 0.2) is 5.96 Å². The second-order valence-corrected chi connectivity index (χ2v) is 8.31. The Morgan fingerprint density at radius 1 is 1.29 bits per heavy atom. The van der Waals surface area contributed by atoms with Gasteiger partial charge in [0.05, 0.1) is 13.2 Å². The third kappa shape index (κ3) is 8.22. The molecular weight excluding hydrogens is 512 g/mol. The van der Waals surface area contributed by atoms with Crippen LogP contribution in [0.15, 0.2) is 23.2 Å². The van der Waals surface area contributed by atoms with Gasteiger partial charge in [0.1, 0.15) is 0 Å². The summed E-state index contributed by atoms with van der Waals surface area (Å²) in [5.74, 6) is 1.32. The molecule has 160 valence electrons. The molecule has 0 aromatic heterocycles. The SMILES string of the molecule is CN=C(NCCCOCC1CCOC1)NCC(C)(C)c1c(Cl)cccc1Cl.I. The van der Waals surface area contributed by atoms with Gasteiger partial charge in [-0.3, -0.25) is 4.99 Å². The number of nitrogens with zero attached hydrogens (tertiary/aromatic N) is 1. The number of hydrogen-bond acceptors (Lipinski definition) is 3. The Hall–Kier alpha value is -0.280. The first-order chi connectivity index (χ1) is 12.9. The molecule has 1 fully saturated rings. The summed E-state index contributed by atoms with van der Waals surface area (Å²) in [4.78, 5) is 4.28. The van der Waals surface area contributed by atoms with Crippen LogP contribution in [0.2, 0.25) is 10.0 Å². The minimum absolute atomic E-state index is 0. The smallest absolute Gasteiger partial charge is 0.191 e. The zero-order chi connectivity index (χ0) is 19.7. The third-order valence-corrected chi connectivity index (χ3v) is 5.33. The summed E-state index contributed by atoms with van der Waals surface area (Å²) in [6.07, 6.45) is 2.04. The Morgan fingerprint density at radius 2 is 2.00 bits per heavy atom. The summed E-state index contributed by atoms with van der Waals surface area (Å²) in [6, 6.07) is 5.60. The third-order valence-electron chi connectivity index (χ3n) is 4.70. The number of ether oxygens (including phenoxy) is 2. The molecule has 0 radical (unpaired) electrons. The first-order valence-corrected chi connectivity index (χ1v) is 10.2. The van der Waals surface area contributed by atoms with Gasteiger partial charge >= 0.3 is 0 Å². The molecule has 1 atom stereocenters. The quantitative estimate of drug-likeness (QED) is 0.208. The predicted octanol–water partition coefficient (Wildman–Crippen LogP) is 4.50. The van der Waals surface area contributed by atoms with Crippen LogP contribution in [0.25, 0.3) is 0 Å². The van der Waals surface area contributed by atoms with E-state index in [4.69, 9.17) is 32.7 Å². The molecule has 1 aliphatic heterocycles. The highest BCUT2D eigenvalue weighted by atomic mass is 127. The molecule has 0 amide bonds. The van der Waals surface area contributed by atoms with E-state index in [0.717, 1.165) is 57.3 Å². The molecule has 1 saturated heterocycles. The Kier molecular flexibility index (Phi) is 12.1. The first kappa shape index (κ1) is 25.8. The molecule has 0 saturated carbocycles. The van der Waals surface area contributed by atoms with Crippen molar-refractivity contribution in [2.45, 2.75) is 32.1 Å². The number of benzene rings is 1. The highest BCUT2D eigenvalue weighted by Gasteiger charge is 2.26. The van der Waals surface area contributed by atoms with Gasteiger partial charge in [0, 0.05) is 54.7 Å². The minimum Gasteiger partial charge on any atom is -0.381 e. The maximum atomic E-state index is 6.36. The largest absolute Gasteiger partial charge is 0.381 e. The van der Waals surface area contributed by atoms with Crippen molar-refractivity contribution in [1.29, 1.82) is 0 Å². The van der Waals surface area contributed by atoms with E-state index in [1.54, 1.807) is 7.05 Å². The van der Waals surface area contributed by atoms with Gasteiger partial charge in [-0.1, -0.05) is 43.1 Å². The molecule has 0 spiro atoms. The van der Waals surface area contributed by atoms with Gasteiger partial charge in [-0.05, 0) is 30.5 Å². The van der Waals surface area contributed by atoms with Gasteiger partial charge in [-0.25, -0.2) is 0 Å². The Morgan fingerprint density at radius 3 is 2.61 bits per heavy atom. The van der Waals surface area contributed by atoms with E-state index in [1.807, 2.05) is 18.2 Å². The highest BCUT2D eigenvalue weighted by Crippen LogP contribution is 2.35. The molecule has 1 aromatic rings. The second kappa shape index (κ2) is 13.1. The van der Waals surface area contributed by atoms with Crippen LogP contribution in [-0.2, 0) is 14.9 Å². The molecule has 0 aliphatic carbocycles. The fourth-order valence-electron chi connectivity index (χ4n) is 3.10. The van der Waals surface area contributed by atoms with E-state index in [0.29, 0.717) is 22.5 Å². The van der Waals surface area contributed by atoms with Crippen LogP contribution in [0.4, 0.5) is 0 Å². The number of rotatable bonds is 9. The lowest BCUT2D eigenvalue weighted by molar-refractivity contribution is 0.0888. The van der Waals surface area contributed by atoms with Crippen molar-refractivity contribution < 1.29 is 9.47 Å². The molecule has 1 aliphatic rings. The lowest BCUT2D eigenvalue weighted by Gasteiger charge is -2.28. The molecule has 1 aromatic carbocycles. The van der Waals surface area contributed by atoms with Crippen LogP contribution < -0.4 is 10.6 Å². The molecular formula is C20H32Cl2IN3O2. The van der Waals surface area contributed by atoms with E-state index < -0.39 is 0 Å². The molecule has 8 heteroatoms. The number of hydrogen-bond donors (Lipinski definition) is 2. The lowest BCUT2D eigenvalue weighted by atomic mass is 9.84. The van der Waals surface area contributed by atoms with E-state index in [1.165, 1.54) is 0 Å². The molecule has 2 N–H and O–H groups in total. The molecule has 2 rings (SSSR count). The van der Waals surface area contributed by atoms with Gasteiger partial charge < -0.3 is 20.1 Å². The number of nitrogens with one attached hydrogen (secondary N) is 2. The van der Waals surface area contributed by atoms with Crippen molar-refractivity contribution in [2.24, 2.45) is 10.9 Å². The maximum absolute atomic E-state index is 6.36. The van der Waals surface area contributed by atoms with E-state index in [2.05, 4.69) is 29.5 Å². The zero-order valence-corrected chi connectivity index (χ0v) is 20.7. The summed E-state index contributed by atoms with van der Waals surface area (Å²) >= 11 is 12.7. The predicted molar refractivity (Wildman–Crippen MR) is 129 cm³/mol. The van der Waals surface area contributed by atoms with Crippen LogP contribution >= 0.6 is 47.2 Å². The average Bonchev–Trinajstić information content (AvgIpc) is 3.13. The average molecular weight is 544 g/mol. The second-order valence-electron chi connectivity index (χ2n) is 7.49. The number of halogens is 3. The fourth-order valence-corrected chi connectivity index (χ4v) is 4.01. The van der Waals surface area contributed by atoms with Crippen molar-refractivity contribution in [2.75, 3.05) is 46.6 Å². The maximum Gasteiger partial charge on any atom is 0.191 e. The lowest BCUT2D eigenvalue weighted by Crippen LogP contribution is -2.44. The molecule has 5 nitrogen and oxygen atoms in total. The van der Waals surface area contributed by atoms with Crippen LogP contribution in [0, 0.1) is 5.92 Å². The van der Waals surface area contributed by atoms with Crippen LogP contribution in [0.5, 0.6) is 0 Å². The first-order valence-electron chi connectivity index (χ1n) is 9.48. The van der Waals surface area contributed by atoms with Crippen LogP contribution in [0.1, 0.15) is 32.3 Å². The topological polar surface area (TPSA) is 54.9 Å². The minimum atomic E-state index is -0.237. The number of aliphatic imine (C=N–C) groups is 1. The van der Waals surface area contributed by atoms with E-state index in [-0.39, 0.29) is 29.4 Å². The summed E-state index contributed by atoms with van der Waals surface area (Å²) in [5, 5.41) is 8.05. The van der Waals surface area contributed by atoms with Gasteiger partial charge in [0.2, 0.25) is 0 Å².